The molecule has 0 N–H and O–H groups in total. The summed E-state index contributed by atoms with van der Waals surface area (Å²) in [5, 5.41) is 5.43. The number of fused-ring (bicyclic) bond motifs is 6. The minimum Gasteiger partial charge on any atom is -0.247 e. The van der Waals surface area contributed by atoms with Crippen molar-refractivity contribution < 1.29 is 0 Å². The lowest BCUT2D eigenvalue weighted by Crippen LogP contribution is -1.96. The van der Waals surface area contributed by atoms with Gasteiger partial charge in [0.1, 0.15) is 0 Å². The van der Waals surface area contributed by atoms with E-state index in [1.807, 2.05) is 48.5 Å². The van der Waals surface area contributed by atoms with Crippen LogP contribution in [-0.2, 0) is 0 Å². The van der Waals surface area contributed by atoms with Crippen molar-refractivity contribution in [1.29, 1.82) is 0 Å². The zero-order valence-electron chi connectivity index (χ0n) is 24.8. The van der Waals surface area contributed by atoms with Crippen LogP contribution < -0.4 is 0 Å². The van der Waals surface area contributed by atoms with E-state index in [0.717, 1.165) is 82.8 Å². The molecule has 9 rings (SSSR count). The molecule has 0 radical (unpaired) electrons. The van der Waals surface area contributed by atoms with Gasteiger partial charge in [-0.05, 0) is 23.6 Å². The molecule has 0 unspecified atom stereocenters. The predicted octanol–water partition coefficient (Wildman–Crippen LogP) is 10.5. The van der Waals surface area contributed by atoms with Crippen molar-refractivity contribution in [2.45, 2.75) is 0 Å². The van der Waals surface area contributed by atoms with Crippen LogP contribution in [0.15, 0.2) is 158 Å². The highest BCUT2D eigenvalue weighted by atomic mass is 14.9. The molecule has 0 saturated heterocycles. The van der Waals surface area contributed by atoms with E-state index in [2.05, 4.69) is 109 Å². The Morgan fingerprint density at radius 3 is 1.67 bits per heavy atom. The molecule has 9 aromatic rings. The van der Waals surface area contributed by atoms with Gasteiger partial charge in [0.2, 0.25) is 0 Å². The molecule has 6 aromatic carbocycles. The van der Waals surface area contributed by atoms with Crippen LogP contribution in [0.1, 0.15) is 0 Å². The molecule has 0 aliphatic heterocycles. The second-order valence-electron chi connectivity index (χ2n) is 11.5. The molecular formula is C42H26N4. The largest absolute Gasteiger partial charge is 0.247 e. The van der Waals surface area contributed by atoms with Gasteiger partial charge < -0.3 is 0 Å². The predicted molar refractivity (Wildman–Crippen MR) is 189 cm³/mol. The summed E-state index contributed by atoms with van der Waals surface area (Å²) in [6, 6.07) is 54.3. The lowest BCUT2D eigenvalue weighted by molar-refractivity contribution is 1.23. The number of hydrogen-bond acceptors (Lipinski definition) is 4. The van der Waals surface area contributed by atoms with Crippen LogP contribution >= 0.6 is 0 Å². The fourth-order valence-corrected chi connectivity index (χ4v) is 6.41. The molecule has 0 fully saturated rings. The molecule has 0 spiro atoms. The summed E-state index contributed by atoms with van der Waals surface area (Å²) in [5.41, 5.74) is 9.73. The Labute approximate surface area is 265 Å². The Bertz CT molecular complexity index is 2560. The van der Waals surface area contributed by atoms with Crippen LogP contribution in [0.2, 0.25) is 0 Å². The molecule has 0 bridgehead atoms. The Morgan fingerprint density at radius 2 is 0.913 bits per heavy atom. The second kappa shape index (κ2) is 10.7. The van der Waals surface area contributed by atoms with E-state index in [9.17, 15) is 0 Å². The van der Waals surface area contributed by atoms with Crippen LogP contribution in [0.3, 0.4) is 0 Å². The van der Waals surface area contributed by atoms with Crippen LogP contribution in [-0.4, -0.2) is 19.9 Å². The molecule has 214 valence electrons. The highest BCUT2D eigenvalue weighted by Crippen LogP contribution is 2.38. The summed E-state index contributed by atoms with van der Waals surface area (Å²) in [7, 11) is 0. The third kappa shape index (κ3) is 4.39. The molecular weight excluding hydrogens is 560 g/mol. The van der Waals surface area contributed by atoms with Gasteiger partial charge in [0.15, 0.2) is 5.82 Å². The molecule has 4 nitrogen and oxygen atoms in total. The number of pyridine rings is 2. The van der Waals surface area contributed by atoms with Crippen LogP contribution in [0, 0.1) is 0 Å². The molecule has 0 aliphatic carbocycles. The minimum absolute atomic E-state index is 0.694. The number of hydrogen-bond donors (Lipinski definition) is 0. The number of nitrogens with zero attached hydrogens (tertiary/aromatic N) is 4. The summed E-state index contributed by atoms with van der Waals surface area (Å²) in [5.74, 6) is 0.694. The first-order valence-corrected chi connectivity index (χ1v) is 15.4. The number of para-hydroxylation sites is 2. The summed E-state index contributed by atoms with van der Waals surface area (Å²) >= 11 is 0. The SMILES string of the molecule is c1ccc(-c2ccc3ccc4c5ccccc5nc(-c5ccc(-c6nc(-c7ccccc7)c7ccccc7n6)cc5)c4c3n2)cc1. The average Bonchev–Trinajstić information content (AvgIpc) is 3.14. The number of aromatic nitrogens is 4. The highest BCUT2D eigenvalue weighted by Gasteiger charge is 2.16. The van der Waals surface area contributed by atoms with Gasteiger partial charge in [-0.25, -0.2) is 19.9 Å². The third-order valence-electron chi connectivity index (χ3n) is 8.66. The first-order valence-electron chi connectivity index (χ1n) is 15.4. The van der Waals surface area contributed by atoms with Crippen molar-refractivity contribution in [2.24, 2.45) is 0 Å². The first-order chi connectivity index (χ1) is 22.8. The Balaban J connectivity index is 1.24. The van der Waals surface area contributed by atoms with Crippen molar-refractivity contribution in [3.8, 4) is 45.2 Å². The van der Waals surface area contributed by atoms with E-state index in [-0.39, 0.29) is 0 Å². The maximum Gasteiger partial charge on any atom is 0.160 e. The maximum atomic E-state index is 5.25. The zero-order valence-corrected chi connectivity index (χ0v) is 24.8. The fraction of sp³-hybridized carbons (Fsp3) is 0. The molecule has 0 atom stereocenters. The normalized spacial score (nSPS) is 11.5. The van der Waals surface area contributed by atoms with Crippen LogP contribution in [0.4, 0.5) is 0 Å². The van der Waals surface area contributed by atoms with Crippen molar-refractivity contribution in [2.75, 3.05) is 0 Å². The van der Waals surface area contributed by atoms with Crippen molar-refractivity contribution in [1.82, 2.24) is 19.9 Å². The first kappa shape index (κ1) is 26.2. The molecule has 46 heavy (non-hydrogen) atoms. The molecule has 0 saturated carbocycles. The van der Waals surface area contributed by atoms with Crippen LogP contribution in [0.25, 0.3) is 88.6 Å². The van der Waals surface area contributed by atoms with Crippen LogP contribution in [0.5, 0.6) is 0 Å². The topological polar surface area (TPSA) is 51.6 Å². The Hall–Kier alpha value is -6.26. The van der Waals surface area contributed by atoms with E-state index in [4.69, 9.17) is 19.9 Å². The molecule has 3 heterocycles. The fourth-order valence-electron chi connectivity index (χ4n) is 6.41. The molecule has 4 heteroatoms. The van der Waals surface area contributed by atoms with Gasteiger partial charge in [0.05, 0.1) is 33.6 Å². The second-order valence-corrected chi connectivity index (χ2v) is 11.5. The summed E-state index contributed by atoms with van der Waals surface area (Å²) in [4.78, 5) is 20.5. The van der Waals surface area contributed by atoms with Crippen molar-refractivity contribution in [3.05, 3.63) is 158 Å². The maximum absolute atomic E-state index is 5.25. The smallest absolute Gasteiger partial charge is 0.160 e. The number of benzene rings is 6. The van der Waals surface area contributed by atoms with Gasteiger partial charge in [-0.1, -0.05) is 140 Å². The molecule has 0 amide bonds. The lowest BCUT2D eigenvalue weighted by Gasteiger charge is -2.14. The van der Waals surface area contributed by atoms with E-state index in [0.29, 0.717) is 5.82 Å². The quantitative estimate of drug-likeness (QED) is 0.193. The standard InChI is InChI=1S/C42H26N4/c1-3-11-27(12-4-1)35-26-24-30-23-25-33-32-15-7-9-17-36(32)44-41(38(33)40(30)43-35)29-19-21-31(22-20-29)42-45-37-18-10-8-16-34(37)39(46-42)28-13-5-2-6-14-28/h1-26H. The van der Waals surface area contributed by atoms with Gasteiger partial charge >= 0.3 is 0 Å². The van der Waals surface area contributed by atoms with Crippen molar-refractivity contribution >= 4 is 43.5 Å². The minimum atomic E-state index is 0.694. The van der Waals surface area contributed by atoms with Gasteiger partial charge in [0, 0.05) is 43.8 Å². The zero-order chi connectivity index (χ0) is 30.5. The lowest BCUT2D eigenvalue weighted by atomic mass is 9.96. The Kier molecular flexibility index (Phi) is 6.10. The van der Waals surface area contributed by atoms with Crippen molar-refractivity contribution in [3.63, 3.8) is 0 Å². The van der Waals surface area contributed by atoms with E-state index >= 15 is 0 Å². The Morgan fingerprint density at radius 1 is 0.326 bits per heavy atom. The van der Waals surface area contributed by atoms with E-state index in [1.54, 1.807) is 0 Å². The monoisotopic (exact) mass is 586 g/mol. The third-order valence-corrected chi connectivity index (χ3v) is 8.66. The van der Waals surface area contributed by atoms with Gasteiger partial charge in [0.25, 0.3) is 0 Å². The summed E-state index contributed by atoms with van der Waals surface area (Å²) in [6.45, 7) is 0. The molecule has 3 aromatic heterocycles. The average molecular weight is 587 g/mol. The van der Waals surface area contributed by atoms with E-state index < -0.39 is 0 Å². The number of rotatable bonds is 4. The van der Waals surface area contributed by atoms with E-state index in [1.165, 1.54) is 0 Å². The summed E-state index contributed by atoms with van der Waals surface area (Å²) in [6.07, 6.45) is 0. The molecule has 0 aliphatic rings. The van der Waals surface area contributed by atoms with Gasteiger partial charge in [-0.2, -0.15) is 0 Å². The van der Waals surface area contributed by atoms with Gasteiger partial charge in [-0.15, -0.1) is 0 Å². The van der Waals surface area contributed by atoms with Gasteiger partial charge in [-0.3, -0.25) is 0 Å². The highest BCUT2D eigenvalue weighted by molar-refractivity contribution is 6.20. The summed E-state index contributed by atoms with van der Waals surface area (Å²) < 4.78 is 0.